The van der Waals surface area contributed by atoms with Gasteiger partial charge in [0.05, 0.1) is 0 Å². The number of fused-ring (bicyclic) bond motifs is 2. The van der Waals surface area contributed by atoms with Crippen LogP contribution in [0.4, 0.5) is 0 Å². The summed E-state index contributed by atoms with van der Waals surface area (Å²) in [6.45, 7) is 3.50. The lowest BCUT2D eigenvalue weighted by atomic mass is 10.2. The number of rotatable bonds is 6. The van der Waals surface area contributed by atoms with Crippen molar-refractivity contribution < 1.29 is 5.11 Å². The normalized spacial score (nSPS) is 13.1. The molecular formula is C20H22N6OS. The van der Waals surface area contributed by atoms with Crippen LogP contribution < -0.4 is 10.6 Å². The van der Waals surface area contributed by atoms with Gasteiger partial charge < -0.3 is 15.7 Å². The van der Waals surface area contributed by atoms with Gasteiger partial charge in [0, 0.05) is 28.9 Å². The Hall–Kier alpha value is -2.97. The second-order valence-corrected chi connectivity index (χ2v) is 7.44. The molecule has 0 aliphatic rings. The maximum absolute atomic E-state index is 10.6. The van der Waals surface area contributed by atoms with Gasteiger partial charge in [0.25, 0.3) is 0 Å². The van der Waals surface area contributed by atoms with Crippen LogP contribution in [0.2, 0.25) is 0 Å². The van der Waals surface area contributed by atoms with Crippen molar-refractivity contribution in [3.8, 4) is 0 Å². The summed E-state index contributed by atoms with van der Waals surface area (Å²) in [7, 11) is 0. The largest absolute Gasteiger partial charge is 0.386 e. The average Bonchev–Trinajstić information content (AvgIpc) is 3.34. The molecule has 0 bridgehead atoms. The van der Waals surface area contributed by atoms with Crippen LogP contribution in [0.3, 0.4) is 0 Å². The van der Waals surface area contributed by atoms with Gasteiger partial charge in [-0.15, -0.1) is 21.5 Å². The number of aliphatic imine (C=N–C) groups is 1. The van der Waals surface area contributed by atoms with Gasteiger partial charge in [-0.25, -0.2) is 4.99 Å². The number of aliphatic hydroxyl groups is 1. The van der Waals surface area contributed by atoms with Crippen molar-refractivity contribution in [2.45, 2.75) is 19.6 Å². The fourth-order valence-electron chi connectivity index (χ4n) is 2.95. The van der Waals surface area contributed by atoms with Crippen LogP contribution in [-0.2, 0) is 6.54 Å². The van der Waals surface area contributed by atoms with E-state index in [1.165, 1.54) is 4.70 Å². The van der Waals surface area contributed by atoms with Gasteiger partial charge in [-0.1, -0.05) is 24.3 Å². The van der Waals surface area contributed by atoms with E-state index in [2.05, 4.69) is 38.0 Å². The number of hydrogen-bond acceptors (Lipinski definition) is 5. The Bertz CT molecular complexity index is 1070. The Kier molecular flexibility index (Phi) is 5.50. The van der Waals surface area contributed by atoms with Crippen LogP contribution in [0.1, 0.15) is 23.7 Å². The van der Waals surface area contributed by atoms with Crippen LogP contribution in [-0.4, -0.2) is 38.8 Å². The minimum absolute atomic E-state index is 0.374. The Balaban J connectivity index is 1.43. The highest BCUT2D eigenvalue weighted by atomic mass is 32.1. The molecule has 3 aromatic heterocycles. The van der Waals surface area contributed by atoms with Crippen molar-refractivity contribution >= 4 is 33.0 Å². The van der Waals surface area contributed by atoms with Crippen molar-refractivity contribution in [2.75, 3.05) is 13.1 Å². The number of hydrogen-bond donors (Lipinski definition) is 3. The lowest BCUT2D eigenvalue weighted by Crippen LogP contribution is -2.39. The summed E-state index contributed by atoms with van der Waals surface area (Å²) < 4.78 is 3.09. The Morgan fingerprint density at radius 3 is 2.89 bits per heavy atom. The lowest BCUT2D eigenvalue weighted by molar-refractivity contribution is 0.184. The number of nitrogens with one attached hydrogen (secondary N) is 2. The molecular weight excluding hydrogens is 372 g/mol. The van der Waals surface area contributed by atoms with Gasteiger partial charge in [-0.2, -0.15) is 0 Å². The summed E-state index contributed by atoms with van der Waals surface area (Å²) in [6.07, 6.45) is 1.32. The second-order valence-electron chi connectivity index (χ2n) is 6.32. The van der Waals surface area contributed by atoms with Crippen LogP contribution in [0, 0.1) is 0 Å². The minimum atomic E-state index is -0.602. The van der Waals surface area contributed by atoms with Crippen molar-refractivity contribution in [2.24, 2.45) is 4.99 Å². The molecule has 8 heteroatoms. The zero-order valence-electron chi connectivity index (χ0n) is 15.5. The predicted octanol–water partition coefficient (Wildman–Crippen LogP) is 2.73. The third-order valence-corrected chi connectivity index (χ3v) is 5.56. The fraction of sp³-hybridized carbons (Fsp3) is 0.250. The van der Waals surface area contributed by atoms with Crippen LogP contribution >= 0.6 is 11.3 Å². The first-order valence-corrected chi connectivity index (χ1v) is 10.0. The molecule has 3 heterocycles. The van der Waals surface area contributed by atoms with Crippen LogP contribution in [0.15, 0.2) is 59.7 Å². The number of thiophene rings is 1. The highest BCUT2D eigenvalue weighted by Gasteiger charge is 2.12. The summed E-state index contributed by atoms with van der Waals surface area (Å²) in [5, 5.41) is 26.5. The molecule has 3 N–H and O–H groups in total. The maximum Gasteiger partial charge on any atom is 0.191 e. The molecule has 0 radical (unpaired) electrons. The summed E-state index contributed by atoms with van der Waals surface area (Å²) in [5.74, 6) is 1.40. The molecule has 0 amide bonds. The van der Waals surface area contributed by atoms with E-state index >= 15 is 0 Å². The van der Waals surface area contributed by atoms with Crippen LogP contribution in [0.25, 0.3) is 15.7 Å². The van der Waals surface area contributed by atoms with E-state index in [1.807, 2.05) is 53.9 Å². The molecule has 4 aromatic rings. The molecule has 1 aromatic carbocycles. The standard InChI is InChI=1S/C20H22N6OS/c1-2-21-20(23-13-19-25-24-18-9-5-6-10-26(18)19)22-12-15(27)17-11-14-7-3-4-8-16(14)28-17/h3-11,15,27H,2,12-13H2,1H3,(H2,21,22,23). The van der Waals surface area contributed by atoms with Gasteiger partial charge in [0.2, 0.25) is 0 Å². The van der Waals surface area contributed by atoms with Gasteiger partial charge in [0.1, 0.15) is 12.6 Å². The van der Waals surface area contributed by atoms with Crippen molar-refractivity contribution in [3.05, 3.63) is 65.4 Å². The van der Waals surface area contributed by atoms with E-state index in [9.17, 15) is 5.11 Å². The van der Waals surface area contributed by atoms with E-state index in [-0.39, 0.29) is 0 Å². The molecule has 144 valence electrons. The number of aliphatic hydroxyl groups excluding tert-OH is 1. The van der Waals surface area contributed by atoms with Crippen molar-refractivity contribution in [1.29, 1.82) is 0 Å². The molecule has 1 atom stereocenters. The Morgan fingerprint density at radius 1 is 1.18 bits per heavy atom. The monoisotopic (exact) mass is 394 g/mol. The summed E-state index contributed by atoms with van der Waals surface area (Å²) in [4.78, 5) is 5.52. The zero-order valence-corrected chi connectivity index (χ0v) is 16.4. The molecule has 0 aliphatic heterocycles. The van der Waals surface area contributed by atoms with Crippen molar-refractivity contribution in [1.82, 2.24) is 25.2 Å². The van der Waals surface area contributed by atoms with Gasteiger partial charge in [0.15, 0.2) is 17.4 Å². The van der Waals surface area contributed by atoms with Gasteiger partial charge in [-0.3, -0.25) is 4.40 Å². The first kappa shape index (κ1) is 18.4. The summed E-state index contributed by atoms with van der Waals surface area (Å²) >= 11 is 1.61. The van der Waals surface area contributed by atoms with E-state index in [1.54, 1.807) is 11.3 Å². The number of guanidine groups is 1. The second kappa shape index (κ2) is 8.37. The minimum Gasteiger partial charge on any atom is -0.386 e. The van der Waals surface area contributed by atoms with E-state index in [0.717, 1.165) is 28.3 Å². The van der Waals surface area contributed by atoms with Gasteiger partial charge >= 0.3 is 0 Å². The highest BCUT2D eigenvalue weighted by molar-refractivity contribution is 7.19. The maximum atomic E-state index is 10.6. The van der Waals surface area contributed by atoms with E-state index < -0.39 is 6.10 Å². The topological polar surface area (TPSA) is 86.8 Å². The number of nitrogens with zero attached hydrogens (tertiary/aromatic N) is 4. The molecule has 0 aliphatic carbocycles. The molecule has 0 fully saturated rings. The summed E-state index contributed by atoms with van der Waals surface area (Å²) in [5.41, 5.74) is 0.797. The van der Waals surface area contributed by atoms with Crippen LogP contribution in [0.5, 0.6) is 0 Å². The third-order valence-electron chi connectivity index (χ3n) is 4.34. The SMILES string of the molecule is CCNC(=NCc1nnc2ccccn12)NCC(O)c1cc2ccccc2s1. The third kappa shape index (κ3) is 3.97. The molecule has 0 spiro atoms. The molecule has 0 saturated heterocycles. The number of pyridine rings is 1. The molecule has 7 nitrogen and oxygen atoms in total. The summed E-state index contributed by atoms with van der Waals surface area (Å²) in [6, 6.07) is 16.0. The van der Waals surface area contributed by atoms with E-state index in [4.69, 9.17) is 0 Å². The fourth-order valence-corrected chi connectivity index (χ4v) is 4.00. The number of benzene rings is 1. The van der Waals surface area contributed by atoms with Crippen molar-refractivity contribution in [3.63, 3.8) is 0 Å². The van der Waals surface area contributed by atoms with Gasteiger partial charge in [-0.05, 0) is 36.6 Å². The lowest BCUT2D eigenvalue weighted by Gasteiger charge is -2.14. The highest BCUT2D eigenvalue weighted by Crippen LogP contribution is 2.29. The Morgan fingerprint density at radius 2 is 2.04 bits per heavy atom. The first-order valence-electron chi connectivity index (χ1n) is 9.22. The smallest absolute Gasteiger partial charge is 0.191 e. The molecule has 4 rings (SSSR count). The first-order chi connectivity index (χ1) is 13.7. The molecule has 28 heavy (non-hydrogen) atoms. The zero-order chi connectivity index (χ0) is 19.3. The quantitative estimate of drug-likeness (QED) is 0.346. The average molecular weight is 395 g/mol. The molecule has 1 unspecified atom stereocenters. The van der Waals surface area contributed by atoms with E-state index in [0.29, 0.717) is 19.0 Å². The molecule has 0 saturated carbocycles. The predicted molar refractivity (Wildman–Crippen MR) is 113 cm³/mol. The Labute approximate surface area is 166 Å². The number of aromatic nitrogens is 3.